The first-order valence-electron chi connectivity index (χ1n) is 7.26. The van der Waals surface area contributed by atoms with Crippen LogP contribution in [0, 0.1) is 11.8 Å². The SMILES string of the molecule is CC1CCC(NC(=O)c2sc3cccc(Cl)c3c2N)C1C. The lowest BCUT2D eigenvalue weighted by Crippen LogP contribution is -2.37. The molecular formula is C16H19ClN2OS. The smallest absolute Gasteiger partial charge is 0.263 e. The number of thiophene rings is 1. The second-order valence-corrected chi connectivity index (χ2v) is 7.41. The first kappa shape index (κ1) is 14.7. The molecule has 1 fully saturated rings. The Labute approximate surface area is 133 Å². The van der Waals surface area contributed by atoms with Crippen LogP contribution in [0.4, 0.5) is 5.69 Å². The monoisotopic (exact) mass is 322 g/mol. The van der Waals surface area contributed by atoms with Gasteiger partial charge in [-0.05, 0) is 36.8 Å². The molecule has 0 saturated heterocycles. The van der Waals surface area contributed by atoms with Crippen LogP contribution in [0.15, 0.2) is 18.2 Å². The Hall–Kier alpha value is -1.26. The predicted molar refractivity (Wildman–Crippen MR) is 90.1 cm³/mol. The summed E-state index contributed by atoms with van der Waals surface area (Å²) in [7, 11) is 0. The molecule has 3 nitrogen and oxygen atoms in total. The van der Waals surface area contributed by atoms with E-state index < -0.39 is 0 Å². The third-order valence-electron chi connectivity index (χ3n) is 4.69. The number of rotatable bonds is 2. The van der Waals surface area contributed by atoms with E-state index >= 15 is 0 Å². The van der Waals surface area contributed by atoms with Crippen LogP contribution in [0.5, 0.6) is 0 Å². The molecule has 3 unspecified atom stereocenters. The van der Waals surface area contributed by atoms with Crippen molar-refractivity contribution in [2.45, 2.75) is 32.7 Å². The first-order valence-corrected chi connectivity index (χ1v) is 8.46. The molecule has 5 heteroatoms. The topological polar surface area (TPSA) is 55.1 Å². The number of carbonyl (C=O) groups excluding carboxylic acids is 1. The molecule has 1 amide bonds. The summed E-state index contributed by atoms with van der Waals surface area (Å²) in [6.07, 6.45) is 2.21. The quantitative estimate of drug-likeness (QED) is 0.866. The Morgan fingerprint density at radius 2 is 2.14 bits per heavy atom. The molecular weight excluding hydrogens is 304 g/mol. The molecule has 1 saturated carbocycles. The van der Waals surface area contributed by atoms with Crippen molar-refractivity contribution in [2.75, 3.05) is 5.73 Å². The van der Waals surface area contributed by atoms with Gasteiger partial charge in [0.1, 0.15) is 4.88 Å². The van der Waals surface area contributed by atoms with Crippen LogP contribution in [-0.2, 0) is 0 Å². The van der Waals surface area contributed by atoms with Crippen LogP contribution in [0.1, 0.15) is 36.4 Å². The van der Waals surface area contributed by atoms with Gasteiger partial charge in [0.2, 0.25) is 0 Å². The van der Waals surface area contributed by atoms with Crippen LogP contribution in [-0.4, -0.2) is 11.9 Å². The summed E-state index contributed by atoms with van der Waals surface area (Å²) in [4.78, 5) is 13.1. The fourth-order valence-electron chi connectivity index (χ4n) is 3.10. The molecule has 0 spiro atoms. The molecule has 3 N–H and O–H groups in total. The molecule has 1 aliphatic rings. The molecule has 1 aromatic carbocycles. The van der Waals surface area contributed by atoms with E-state index in [-0.39, 0.29) is 11.9 Å². The second-order valence-electron chi connectivity index (χ2n) is 5.95. The van der Waals surface area contributed by atoms with Crippen molar-refractivity contribution in [3.05, 3.63) is 28.1 Å². The minimum atomic E-state index is -0.0734. The van der Waals surface area contributed by atoms with Crippen molar-refractivity contribution >= 4 is 44.6 Å². The largest absolute Gasteiger partial charge is 0.397 e. The maximum atomic E-state index is 12.5. The molecule has 3 atom stereocenters. The molecule has 1 aliphatic carbocycles. The van der Waals surface area contributed by atoms with Crippen molar-refractivity contribution in [1.82, 2.24) is 5.32 Å². The van der Waals surface area contributed by atoms with Crippen LogP contribution in [0.2, 0.25) is 5.02 Å². The number of anilines is 1. The summed E-state index contributed by atoms with van der Waals surface area (Å²) in [6.45, 7) is 4.44. The zero-order chi connectivity index (χ0) is 15.1. The van der Waals surface area contributed by atoms with Crippen molar-refractivity contribution in [3.8, 4) is 0 Å². The highest BCUT2D eigenvalue weighted by Crippen LogP contribution is 2.38. The average Bonchev–Trinajstić information content (AvgIpc) is 2.95. The number of carbonyl (C=O) groups is 1. The summed E-state index contributed by atoms with van der Waals surface area (Å²) in [5, 5.41) is 4.54. The second kappa shape index (κ2) is 5.50. The van der Waals surface area contributed by atoms with E-state index in [4.69, 9.17) is 17.3 Å². The van der Waals surface area contributed by atoms with Gasteiger partial charge < -0.3 is 11.1 Å². The van der Waals surface area contributed by atoms with Gasteiger partial charge in [0.25, 0.3) is 5.91 Å². The Bertz CT molecular complexity index is 697. The zero-order valence-corrected chi connectivity index (χ0v) is 13.7. The molecule has 2 aromatic rings. The molecule has 0 radical (unpaired) electrons. The molecule has 0 bridgehead atoms. The number of nitrogens with one attached hydrogen (secondary N) is 1. The summed E-state index contributed by atoms with van der Waals surface area (Å²) < 4.78 is 0.956. The number of fused-ring (bicyclic) bond motifs is 1. The minimum absolute atomic E-state index is 0.0734. The Kier molecular flexibility index (Phi) is 3.84. The Morgan fingerprint density at radius 3 is 2.76 bits per heavy atom. The van der Waals surface area contributed by atoms with E-state index in [1.165, 1.54) is 17.8 Å². The first-order chi connectivity index (χ1) is 9.99. The van der Waals surface area contributed by atoms with Crippen LogP contribution in [0.25, 0.3) is 10.1 Å². The third kappa shape index (κ3) is 2.51. The lowest BCUT2D eigenvalue weighted by molar-refractivity contribution is 0.0932. The van der Waals surface area contributed by atoms with Crippen molar-refractivity contribution in [2.24, 2.45) is 11.8 Å². The van der Waals surface area contributed by atoms with Crippen LogP contribution < -0.4 is 11.1 Å². The van der Waals surface area contributed by atoms with Crippen molar-refractivity contribution in [3.63, 3.8) is 0 Å². The van der Waals surface area contributed by atoms with Gasteiger partial charge in [0.05, 0.1) is 10.7 Å². The summed E-state index contributed by atoms with van der Waals surface area (Å²) in [6, 6.07) is 5.87. The van der Waals surface area contributed by atoms with Gasteiger partial charge in [-0.25, -0.2) is 0 Å². The molecule has 21 heavy (non-hydrogen) atoms. The maximum Gasteiger partial charge on any atom is 0.263 e. The average molecular weight is 323 g/mol. The minimum Gasteiger partial charge on any atom is -0.397 e. The summed E-state index contributed by atoms with van der Waals surface area (Å²) >= 11 is 7.60. The van der Waals surface area contributed by atoms with Gasteiger partial charge in [-0.1, -0.05) is 31.5 Å². The predicted octanol–water partition coefficient (Wildman–Crippen LogP) is 4.30. The maximum absolute atomic E-state index is 12.5. The molecule has 112 valence electrons. The Balaban J connectivity index is 1.89. The highest BCUT2D eigenvalue weighted by atomic mass is 35.5. The van der Waals surface area contributed by atoms with E-state index in [0.29, 0.717) is 27.4 Å². The van der Waals surface area contributed by atoms with Gasteiger partial charge in [0, 0.05) is 16.1 Å². The van der Waals surface area contributed by atoms with Gasteiger partial charge in [0.15, 0.2) is 0 Å². The van der Waals surface area contributed by atoms with E-state index in [9.17, 15) is 4.79 Å². The fraction of sp³-hybridized carbons (Fsp3) is 0.438. The highest BCUT2D eigenvalue weighted by molar-refractivity contribution is 7.21. The normalized spacial score (nSPS) is 25.4. The number of hydrogen-bond donors (Lipinski definition) is 2. The Morgan fingerprint density at radius 1 is 1.38 bits per heavy atom. The highest BCUT2D eigenvalue weighted by Gasteiger charge is 2.31. The van der Waals surface area contributed by atoms with E-state index in [2.05, 4.69) is 19.2 Å². The third-order valence-corrected chi connectivity index (χ3v) is 6.17. The van der Waals surface area contributed by atoms with Crippen molar-refractivity contribution < 1.29 is 4.79 Å². The van der Waals surface area contributed by atoms with Crippen LogP contribution in [0.3, 0.4) is 0 Å². The summed E-state index contributed by atoms with van der Waals surface area (Å²) in [5.41, 5.74) is 6.64. The van der Waals surface area contributed by atoms with Gasteiger partial charge in [-0.2, -0.15) is 0 Å². The lowest BCUT2D eigenvalue weighted by atomic mass is 9.98. The van der Waals surface area contributed by atoms with Crippen molar-refractivity contribution in [1.29, 1.82) is 0 Å². The molecule has 1 aromatic heterocycles. The van der Waals surface area contributed by atoms with E-state index in [1.54, 1.807) is 6.07 Å². The molecule has 3 rings (SSSR count). The number of benzene rings is 1. The number of amides is 1. The van der Waals surface area contributed by atoms with Gasteiger partial charge in [-0.15, -0.1) is 11.3 Å². The number of hydrogen-bond acceptors (Lipinski definition) is 3. The van der Waals surface area contributed by atoms with E-state index in [1.807, 2.05) is 12.1 Å². The van der Waals surface area contributed by atoms with Gasteiger partial charge in [-0.3, -0.25) is 4.79 Å². The number of nitrogens with two attached hydrogens (primary N) is 1. The fourth-order valence-corrected chi connectivity index (χ4v) is 4.48. The summed E-state index contributed by atoms with van der Waals surface area (Å²) in [5.74, 6) is 1.09. The standard InChI is InChI=1S/C16H19ClN2OS/c1-8-6-7-11(9(8)2)19-16(20)15-14(18)13-10(17)4-3-5-12(13)21-15/h3-5,8-9,11H,6-7,18H2,1-2H3,(H,19,20). The van der Waals surface area contributed by atoms with Gasteiger partial charge >= 0.3 is 0 Å². The van der Waals surface area contributed by atoms with E-state index in [0.717, 1.165) is 16.5 Å². The lowest BCUT2D eigenvalue weighted by Gasteiger charge is -2.19. The number of nitrogen functional groups attached to an aromatic ring is 1. The van der Waals surface area contributed by atoms with Crippen LogP contribution >= 0.6 is 22.9 Å². The number of halogens is 1. The molecule has 1 heterocycles. The molecule has 0 aliphatic heterocycles. The zero-order valence-electron chi connectivity index (χ0n) is 12.2.